The minimum absolute atomic E-state index is 0.303. The molecule has 0 aliphatic rings. The first-order valence-corrected chi connectivity index (χ1v) is 5.33. The molecule has 0 saturated carbocycles. The lowest BCUT2D eigenvalue weighted by atomic mass is 10.3. The molecule has 2 heterocycles. The molecule has 2 aromatic rings. The largest absolute Gasteiger partial charge is 0.298 e. The summed E-state index contributed by atoms with van der Waals surface area (Å²) in [7, 11) is 0. The zero-order valence-corrected chi connectivity index (χ0v) is 9.05. The van der Waals surface area contributed by atoms with Crippen molar-refractivity contribution in [1.29, 1.82) is 0 Å². The number of hydrogen-bond acceptors (Lipinski definition) is 4. The predicted octanol–water partition coefficient (Wildman–Crippen LogP) is 2.44. The fourth-order valence-electron chi connectivity index (χ4n) is 0.994. The SMILES string of the molecule is O=C(Nc1nccs1)c1cnccc1Cl. The highest BCUT2D eigenvalue weighted by Gasteiger charge is 2.10. The predicted molar refractivity (Wildman–Crippen MR) is 59.3 cm³/mol. The van der Waals surface area contributed by atoms with Crippen LogP contribution in [-0.2, 0) is 0 Å². The molecule has 15 heavy (non-hydrogen) atoms. The van der Waals surface area contributed by atoms with Gasteiger partial charge in [0.05, 0.1) is 10.6 Å². The second-order valence-corrected chi connectivity index (χ2v) is 3.95. The maximum Gasteiger partial charge on any atom is 0.260 e. The Morgan fingerprint density at radius 2 is 2.33 bits per heavy atom. The van der Waals surface area contributed by atoms with Crippen LogP contribution in [0.15, 0.2) is 30.0 Å². The van der Waals surface area contributed by atoms with Gasteiger partial charge >= 0.3 is 0 Å². The summed E-state index contributed by atoms with van der Waals surface area (Å²) in [6.45, 7) is 0. The molecular weight excluding hydrogens is 234 g/mol. The molecule has 0 unspecified atom stereocenters. The molecule has 2 rings (SSSR count). The Bertz CT molecular complexity index is 472. The molecule has 0 aliphatic heterocycles. The van der Waals surface area contributed by atoms with Crippen molar-refractivity contribution in [3.05, 3.63) is 40.6 Å². The number of halogens is 1. The van der Waals surface area contributed by atoms with E-state index in [0.29, 0.717) is 15.7 Å². The van der Waals surface area contributed by atoms with Gasteiger partial charge in [-0.3, -0.25) is 15.1 Å². The van der Waals surface area contributed by atoms with E-state index in [1.165, 1.54) is 23.7 Å². The van der Waals surface area contributed by atoms with Crippen molar-refractivity contribution in [3.63, 3.8) is 0 Å². The average Bonchev–Trinajstić information content (AvgIpc) is 2.71. The lowest BCUT2D eigenvalue weighted by Gasteiger charge is -2.02. The van der Waals surface area contributed by atoms with Gasteiger partial charge in [-0.1, -0.05) is 11.6 Å². The molecular formula is C9H6ClN3OS. The number of thiazole rings is 1. The molecule has 1 amide bonds. The summed E-state index contributed by atoms with van der Waals surface area (Å²) in [4.78, 5) is 19.4. The van der Waals surface area contributed by atoms with Gasteiger partial charge in [-0.25, -0.2) is 4.98 Å². The van der Waals surface area contributed by atoms with Crippen LogP contribution in [0.5, 0.6) is 0 Å². The lowest BCUT2D eigenvalue weighted by molar-refractivity contribution is 0.102. The number of carbonyl (C=O) groups is 1. The number of aromatic nitrogens is 2. The zero-order valence-electron chi connectivity index (χ0n) is 7.48. The number of carbonyl (C=O) groups excluding carboxylic acids is 1. The average molecular weight is 240 g/mol. The minimum Gasteiger partial charge on any atom is -0.298 e. The quantitative estimate of drug-likeness (QED) is 0.876. The lowest BCUT2D eigenvalue weighted by Crippen LogP contribution is -2.12. The van der Waals surface area contributed by atoms with Crippen LogP contribution in [0.3, 0.4) is 0 Å². The summed E-state index contributed by atoms with van der Waals surface area (Å²) in [6, 6.07) is 1.57. The number of hydrogen-bond donors (Lipinski definition) is 1. The van der Waals surface area contributed by atoms with Crippen molar-refractivity contribution in [1.82, 2.24) is 9.97 Å². The monoisotopic (exact) mass is 239 g/mol. The van der Waals surface area contributed by atoms with E-state index < -0.39 is 0 Å². The fourth-order valence-corrected chi connectivity index (χ4v) is 1.71. The third-order valence-corrected chi connectivity index (χ3v) is 2.68. The number of nitrogens with one attached hydrogen (secondary N) is 1. The molecule has 6 heteroatoms. The van der Waals surface area contributed by atoms with E-state index in [2.05, 4.69) is 15.3 Å². The topological polar surface area (TPSA) is 54.9 Å². The van der Waals surface area contributed by atoms with E-state index in [1.807, 2.05) is 0 Å². The van der Waals surface area contributed by atoms with E-state index in [-0.39, 0.29) is 5.91 Å². The van der Waals surface area contributed by atoms with E-state index in [9.17, 15) is 4.79 Å². The summed E-state index contributed by atoms with van der Waals surface area (Å²) in [5.74, 6) is -0.303. The molecule has 0 bridgehead atoms. The number of amides is 1. The molecule has 76 valence electrons. The molecule has 2 aromatic heterocycles. The van der Waals surface area contributed by atoms with Crippen LogP contribution in [0.25, 0.3) is 0 Å². The maximum absolute atomic E-state index is 11.7. The van der Waals surface area contributed by atoms with Gasteiger partial charge in [0.1, 0.15) is 0 Å². The molecule has 0 atom stereocenters. The molecule has 0 saturated heterocycles. The Balaban J connectivity index is 2.19. The van der Waals surface area contributed by atoms with Crippen LogP contribution in [0, 0.1) is 0 Å². The molecule has 1 N–H and O–H groups in total. The van der Waals surface area contributed by atoms with Crippen molar-refractivity contribution in [2.75, 3.05) is 5.32 Å². The van der Waals surface area contributed by atoms with Crippen molar-refractivity contribution >= 4 is 34.0 Å². The van der Waals surface area contributed by atoms with Gasteiger partial charge in [-0.2, -0.15) is 0 Å². The molecule has 0 aromatic carbocycles. The van der Waals surface area contributed by atoms with Gasteiger partial charge in [0.15, 0.2) is 5.13 Å². The van der Waals surface area contributed by atoms with Gasteiger partial charge in [0.25, 0.3) is 5.91 Å². The normalized spacial score (nSPS) is 9.93. The van der Waals surface area contributed by atoms with Gasteiger partial charge in [0, 0.05) is 24.0 Å². The number of pyridine rings is 1. The van der Waals surface area contributed by atoms with Gasteiger partial charge in [-0.05, 0) is 6.07 Å². The van der Waals surface area contributed by atoms with Gasteiger partial charge in [-0.15, -0.1) is 11.3 Å². The van der Waals surface area contributed by atoms with Crippen LogP contribution in [-0.4, -0.2) is 15.9 Å². The Morgan fingerprint density at radius 1 is 1.47 bits per heavy atom. The van der Waals surface area contributed by atoms with Crippen LogP contribution in [0.4, 0.5) is 5.13 Å². The molecule has 0 spiro atoms. The smallest absolute Gasteiger partial charge is 0.260 e. The third-order valence-electron chi connectivity index (χ3n) is 1.67. The van der Waals surface area contributed by atoms with Crippen molar-refractivity contribution < 1.29 is 4.79 Å². The first-order valence-electron chi connectivity index (χ1n) is 4.08. The standard InChI is InChI=1S/C9H6ClN3OS/c10-7-1-2-11-5-6(7)8(14)13-9-12-3-4-15-9/h1-5H,(H,12,13,14). The van der Waals surface area contributed by atoms with Crippen LogP contribution < -0.4 is 5.32 Å². The van der Waals surface area contributed by atoms with E-state index in [0.717, 1.165) is 0 Å². The van der Waals surface area contributed by atoms with E-state index in [4.69, 9.17) is 11.6 Å². The van der Waals surface area contributed by atoms with E-state index >= 15 is 0 Å². The second-order valence-electron chi connectivity index (χ2n) is 2.65. The number of anilines is 1. The highest BCUT2D eigenvalue weighted by molar-refractivity contribution is 7.13. The Hall–Kier alpha value is -1.46. The van der Waals surface area contributed by atoms with Gasteiger partial charge in [0.2, 0.25) is 0 Å². The van der Waals surface area contributed by atoms with Crippen molar-refractivity contribution in [2.45, 2.75) is 0 Å². The summed E-state index contributed by atoms with van der Waals surface area (Å²) in [5, 5.41) is 5.32. The summed E-state index contributed by atoms with van der Waals surface area (Å²) < 4.78 is 0. The van der Waals surface area contributed by atoms with Crippen molar-refractivity contribution in [3.8, 4) is 0 Å². The molecule has 4 nitrogen and oxygen atoms in total. The number of nitrogens with zero attached hydrogens (tertiary/aromatic N) is 2. The molecule has 0 fully saturated rings. The Labute approximate surface area is 94.9 Å². The highest BCUT2D eigenvalue weighted by Crippen LogP contribution is 2.17. The van der Waals surface area contributed by atoms with E-state index in [1.54, 1.807) is 17.6 Å². The first-order chi connectivity index (χ1) is 7.27. The Kier molecular flexibility index (Phi) is 2.94. The van der Waals surface area contributed by atoms with Crippen LogP contribution in [0.1, 0.15) is 10.4 Å². The van der Waals surface area contributed by atoms with Crippen LogP contribution in [0.2, 0.25) is 5.02 Å². The molecule has 0 aliphatic carbocycles. The van der Waals surface area contributed by atoms with Gasteiger partial charge < -0.3 is 0 Å². The Morgan fingerprint density at radius 3 is 3.00 bits per heavy atom. The highest BCUT2D eigenvalue weighted by atomic mass is 35.5. The minimum atomic E-state index is -0.303. The molecule has 0 radical (unpaired) electrons. The zero-order chi connectivity index (χ0) is 10.7. The second kappa shape index (κ2) is 4.37. The first kappa shape index (κ1) is 10.1. The van der Waals surface area contributed by atoms with Crippen LogP contribution >= 0.6 is 22.9 Å². The third kappa shape index (κ3) is 2.31. The summed E-state index contributed by atoms with van der Waals surface area (Å²) in [6.07, 6.45) is 4.57. The fraction of sp³-hybridized carbons (Fsp3) is 0. The maximum atomic E-state index is 11.7. The summed E-state index contributed by atoms with van der Waals surface area (Å²) >= 11 is 7.19. The summed E-state index contributed by atoms with van der Waals surface area (Å²) in [5.41, 5.74) is 0.342. The van der Waals surface area contributed by atoms with Crippen molar-refractivity contribution in [2.24, 2.45) is 0 Å². The number of rotatable bonds is 2.